The molecule has 84 valence electrons. The molecule has 1 aliphatic heterocycles. The van der Waals surface area contributed by atoms with Gasteiger partial charge in [0.15, 0.2) is 0 Å². The Morgan fingerprint density at radius 2 is 2.06 bits per heavy atom. The predicted octanol–water partition coefficient (Wildman–Crippen LogP) is 2.87. The molecule has 2 aromatic rings. The lowest BCUT2D eigenvalue weighted by Gasteiger charge is -2.03. The number of hydrogen-bond acceptors (Lipinski definition) is 3. The minimum atomic E-state index is -0.143. The molecular formula is C13H9NO2S. The first-order chi connectivity index (χ1) is 8.34. The molecule has 1 aromatic heterocycles. The van der Waals surface area contributed by atoms with Crippen molar-refractivity contribution in [3.8, 4) is 5.75 Å². The molecule has 0 saturated heterocycles. The Hall–Kier alpha value is -2.07. The van der Waals surface area contributed by atoms with Crippen molar-refractivity contribution in [1.82, 2.24) is 5.32 Å². The van der Waals surface area contributed by atoms with Crippen molar-refractivity contribution in [2.24, 2.45) is 0 Å². The Balaban J connectivity index is 2.01. The van der Waals surface area contributed by atoms with E-state index in [2.05, 4.69) is 5.32 Å². The van der Waals surface area contributed by atoms with Crippen LogP contribution in [0.25, 0.3) is 5.70 Å². The zero-order valence-electron chi connectivity index (χ0n) is 8.84. The van der Waals surface area contributed by atoms with Gasteiger partial charge in [0.2, 0.25) is 0 Å². The van der Waals surface area contributed by atoms with E-state index in [0.29, 0.717) is 17.0 Å². The molecule has 0 unspecified atom stereocenters. The van der Waals surface area contributed by atoms with E-state index in [1.807, 2.05) is 29.0 Å². The van der Waals surface area contributed by atoms with Crippen molar-refractivity contribution in [2.45, 2.75) is 0 Å². The summed E-state index contributed by atoms with van der Waals surface area (Å²) in [6.45, 7) is 0. The van der Waals surface area contributed by atoms with Crippen molar-refractivity contribution in [1.29, 1.82) is 0 Å². The molecule has 1 aliphatic rings. The summed E-state index contributed by atoms with van der Waals surface area (Å²) < 4.78 is 5.51. The number of para-hydroxylation sites is 1. The Morgan fingerprint density at radius 3 is 2.88 bits per heavy atom. The van der Waals surface area contributed by atoms with Gasteiger partial charge in [-0.05, 0) is 23.6 Å². The third-order valence-corrected chi connectivity index (χ3v) is 3.20. The van der Waals surface area contributed by atoms with Crippen LogP contribution in [-0.2, 0) is 0 Å². The van der Waals surface area contributed by atoms with E-state index < -0.39 is 0 Å². The lowest BCUT2D eigenvalue weighted by molar-refractivity contribution is 0.0974. The number of fused-ring (bicyclic) bond motifs is 1. The van der Waals surface area contributed by atoms with Gasteiger partial charge in [-0.1, -0.05) is 12.1 Å². The summed E-state index contributed by atoms with van der Waals surface area (Å²) in [4.78, 5) is 12.0. The van der Waals surface area contributed by atoms with E-state index in [1.54, 1.807) is 29.7 Å². The molecule has 0 spiro atoms. The zero-order chi connectivity index (χ0) is 11.7. The van der Waals surface area contributed by atoms with Gasteiger partial charge >= 0.3 is 0 Å². The van der Waals surface area contributed by atoms with Gasteiger partial charge in [0.1, 0.15) is 12.0 Å². The first-order valence-corrected chi connectivity index (χ1v) is 6.08. The number of carbonyl (C=O) groups excluding carboxylic acids is 1. The number of amides is 1. The molecule has 0 saturated carbocycles. The van der Waals surface area contributed by atoms with Gasteiger partial charge in [0.25, 0.3) is 5.91 Å². The van der Waals surface area contributed by atoms with Crippen LogP contribution in [0.3, 0.4) is 0 Å². The highest BCUT2D eigenvalue weighted by molar-refractivity contribution is 7.08. The molecule has 3 rings (SSSR count). The van der Waals surface area contributed by atoms with Crippen LogP contribution in [0.1, 0.15) is 15.9 Å². The Kier molecular flexibility index (Phi) is 2.42. The Bertz CT molecular complexity index is 587. The van der Waals surface area contributed by atoms with Crippen LogP contribution in [0.15, 0.2) is 47.4 Å². The smallest absolute Gasteiger partial charge is 0.259 e. The summed E-state index contributed by atoms with van der Waals surface area (Å²) >= 11 is 1.58. The SMILES string of the molecule is O=C1NC(c2ccsc2)=COc2ccccc21. The van der Waals surface area contributed by atoms with Gasteiger partial charge in [-0.15, -0.1) is 0 Å². The molecular weight excluding hydrogens is 234 g/mol. The molecule has 0 atom stereocenters. The third kappa shape index (κ3) is 1.83. The summed E-state index contributed by atoms with van der Waals surface area (Å²) in [5, 5.41) is 6.76. The molecule has 4 heteroatoms. The number of ether oxygens (including phenoxy) is 1. The van der Waals surface area contributed by atoms with Crippen molar-refractivity contribution in [2.75, 3.05) is 0 Å². The standard InChI is InChI=1S/C13H9NO2S/c15-13-10-3-1-2-4-12(10)16-7-11(14-13)9-5-6-17-8-9/h1-8H,(H,14,15). The average Bonchev–Trinajstić information content (AvgIpc) is 2.83. The lowest BCUT2D eigenvalue weighted by atomic mass is 10.2. The number of carbonyl (C=O) groups is 1. The second kappa shape index (κ2) is 4.07. The lowest BCUT2D eigenvalue weighted by Crippen LogP contribution is -2.20. The maximum atomic E-state index is 12.0. The summed E-state index contributed by atoms with van der Waals surface area (Å²) in [7, 11) is 0. The van der Waals surface area contributed by atoms with Gasteiger partial charge in [-0.3, -0.25) is 4.79 Å². The van der Waals surface area contributed by atoms with E-state index in [0.717, 1.165) is 5.56 Å². The van der Waals surface area contributed by atoms with Crippen LogP contribution in [-0.4, -0.2) is 5.91 Å². The first kappa shape index (κ1) is 10.1. The number of benzene rings is 1. The topological polar surface area (TPSA) is 38.3 Å². The molecule has 0 radical (unpaired) electrons. The highest BCUT2D eigenvalue weighted by Crippen LogP contribution is 2.24. The van der Waals surface area contributed by atoms with Crippen LogP contribution < -0.4 is 10.1 Å². The van der Waals surface area contributed by atoms with E-state index in [9.17, 15) is 4.79 Å². The summed E-state index contributed by atoms with van der Waals surface area (Å²) in [6.07, 6.45) is 1.58. The third-order valence-electron chi connectivity index (χ3n) is 2.52. The molecule has 0 bridgehead atoms. The fourth-order valence-electron chi connectivity index (χ4n) is 1.66. The van der Waals surface area contributed by atoms with E-state index in [4.69, 9.17) is 4.74 Å². The quantitative estimate of drug-likeness (QED) is 0.836. The maximum Gasteiger partial charge on any atom is 0.259 e. The van der Waals surface area contributed by atoms with Crippen molar-refractivity contribution in [3.63, 3.8) is 0 Å². The van der Waals surface area contributed by atoms with Crippen LogP contribution in [0.4, 0.5) is 0 Å². The van der Waals surface area contributed by atoms with Crippen molar-refractivity contribution < 1.29 is 9.53 Å². The van der Waals surface area contributed by atoms with Crippen LogP contribution in [0, 0.1) is 0 Å². The molecule has 0 aliphatic carbocycles. The van der Waals surface area contributed by atoms with Crippen LogP contribution in [0.2, 0.25) is 0 Å². The number of hydrogen-bond donors (Lipinski definition) is 1. The number of nitrogens with one attached hydrogen (secondary N) is 1. The highest BCUT2D eigenvalue weighted by atomic mass is 32.1. The first-order valence-electron chi connectivity index (χ1n) is 5.14. The number of thiophene rings is 1. The minimum Gasteiger partial charge on any atom is -0.462 e. The summed E-state index contributed by atoms with van der Waals surface area (Å²) in [5.41, 5.74) is 2.19. The van der Waals surface area contributed by atoms with Gasteiger partial charge in [-0.25, -0.2) is 0 Å². The maximum absolute atomic E-state index is 12.0. The molecule has 1 amide bonds. The van der Waals surface area contributed by atoms with Gasteiger partial charge in [0.05, 0.1) is 11.3 Å². The van der Waals surface area contributed by atoms with E-state index in [-0.39, 0.29) is 5.91 Å². The normalized spacial score (nSPS) is 14.1. The van der Waals surface area contributed by atoms with Gasteiger partial charge < -0.3 is 10.1 Å². The number of rotatable bonds is 1. The van der Waals surface area contributed by atoms with E-state index >= 15 is 0 Å². The van der Waals surface area contributed by atoms with Crippen LogP contribution >= 0.6 is 11.3 Å². The minimum absolute atomic E-state index is 0.143. The van der Waals surface area contributed by atoms with E-state index in [1.165, 1.54) is 0 Å². The monoisotopic (exact) mass is 243 g/mol. The molecule has 17 heavy (non-hydrogen) atoms. The van der Waals surface area contributed by atoms with Crippen molar-refractivity contribution in [3.05, 3.63) is 58.5 Å². The van der Waals surface area contributed by atoms with Gasteiger partial charge in [-0.2, -0.15) is 11.3 Å². The fourth-order valence-corrected chi connectivity index (χ4v) is 2.31. The van der Waals surface area contributed by atoms with Crippen LogP contribution in [0.5, 0.6) is 5.75 Å². The Morgan fingerprint density at radius 1 is 1.18 bits per heavy atom. The molecule has 3 nitrogen and oxygen atoms in total. The molecule has 0 fully saturated rings. The van der Waals surface area contributed by atoms with Crippen molar-refractivity contribution >= 4 is 22.9 Å². The second-order valence-corrected chi connectivity index (χ2v) is 4.39. The average molecular weight is 243 g/mol. The largest absolute Gasteiger partial charge is 0.462 e. The second-order valence-electron chi connectivity index (χ2n) is 3.61. The zero-order valence-corrected chi connectivity index (χ0v) is 9.66. The summed E-state index contributed by atoms with van der Waals surface area (Å²) in [6, 6.07) is 9.13. The molecule has 1 N–H and O–H groups in total. The molecule has 1 aromatic carbocycles. The van der Waals surface area contributed by atoms with Gasteiger partial charge in [0, 0.05) is 10.9 Å². The summed E-state index contributed by atoms with van der Waals surface area (Å²) in [5.74, 6) is 0.436. The molecule has 2 heterocycles. The highest BCUT2D eigenvalue weighted by Gasteiger charge is 2.17. The fraction of sp³-hybridized carbons (Fsp3) is 0. The predicted molar refractivity (Wildman–Crippen MR) is 66.8 cm³/mol. The Labute approximate surface area is 102 Å².